The molecule has 1 saturated carbocycles. The molecule has 13 heavy (non-hydrogen) atoms. The van der Waals surface area contributed by atoms with E-state index < -0.39 is 0 Å². The number of hydrogen-bond acceptors (Lipinski definition) is 1. The van der Waals surface area contributed by atoms with Gasteiger partial charge in [0.2, 0.25) is 5.91 Å². The van der Waals surface area contributed by atoms with E-state index >= 15 is 0 Å². The molecule has 0 unspecified atom stereocenters. The lowest BCUT2D eigenvalue weighted by molar-refractivity contribution is -0.131. The Balaban J connectivity index is 1.95. The molecule has 0 aromatic heterocycles. The van der Waals surface area contributed by atoms with Crippen LogP contribution in [0.5, 0.6) is 0 Å². The highest BCUT2D eigenvalue weighted by Gasteiger charge is 2.31. The van der Waals surface area contributed by atoms with Crippen molar-refractivity contribution in [3.05, 3.63) is 0 Å². The Bertz CT molecular complexity index is 202. The van der Waals surface area contributed by atoms with Gasteiger partial charge < -0.3 is 4.90 Å². The van der Waals surface area contributed by atoms with E-state index in [0.29, 0.717) is 0 Å². The van der Waals surface area contributed by atoms with Crippen molar-refractivity contribution in [2.75, 3.05) is 13.1 Å². The smallest absolute Gasteiger partial charge is 0.219 e. The van der Waals surface area contributed by atoms with Crippen LogP contribution >= 0.6 is 0 Å². The highest BCUT2D eigenvalue weighted by Crippen LogP contribution is 2.35. The number of nitrogens with zero attached hydrogens (tertiary/aromatic N) is 1. The first kappa shape index (κ1) is 9.04. The molecule has 0 spiro atoms. The molecular formula is C11H19NO. The molecule has 2 aliphatic rings. The minimum absolute atomic E-state index is 0.268. The SMILES string of the molecule is CC(=O)N1CC[C@H]2CCCC[C@@H]2C1. The molecule has 0 radical (unpaired) electrons. The Labute approximate surface area is 80.3 Å². The molecular weight excluding hydrogens is 162 g/mol. The Morgan fingerprint density at radius 2 is 1.85 bits per heavy atom. The van der Waals surface area contributed by atoms with E-state index in [-0.39, 0.29) is 5.91 Å². The fraction of sp³-hybridized carbons (Fsp3) is 0.909. The van der Waals surface area contributed by atoms with Gasteiger partial charge >= 0.3 is 0 Å². The van der Waals surface area contributed by atoms with Gasteiger partial charge in [0.15, 0.2) is 0 Å². The molecule has 1 amide bonds. The number of rotatable bonds is 0. The zero-order chi connectivity index (χ0) is 9.26. The lowest BCUT2D eigenvalue weighted by Crippen LogP contribution is -2.43. The Morgan fingerprint density at radius 1 is 1.15 bits per heavy atom. The minimum atomic E-state index is 0.268. The van der Waals surface area contributed by atoms with Gasteiger partial charge in [-0.3, -0.25) is 4.79 Å². The van der Waals surface area contributed by atoms with Gasteiger partial charge in [0.1, 0.15) is 0 Å². The van der Waals surface area contributed by atoms with E-state index in [1.165, 1.54) is 32.1 Å². The summed E-state index contributed by atoms with van der Waals surface area (Å²) in [6.45, 7) is 3.75. The van der Waals surface area contributed by atoms with Crippen LogP contribution in [0.3, 0.4) is 0 Å². The minimum Gasteiger partial charge on any atom is -0.343 e. The maximum Gasteiger partial charge on any atom is 0.219 e. The maximum absolute atomic E-state index is 11.2. The van der Waals surface area contributed by atoms with Crippen LogP contribution in [0, 0.1) is 11.8 Å². The van der Waals surface area contributed by atoms with E-state index in [1.54, 1.807) is 6.92 Å². The summed E-state index contributed by atoms with van der Waals surface area (Å²) in [4.78, 5) is 13.2. The maximum atomic E-state index is 11.2. The van der Waals surface area contributed by atoms with Crippen molar-refractivity contribution in [3.8, 4) is 0 Å². The Morgan fingerprint density at radius 3 is 2.54 bits per heavy atom. The first-order valence-corrected chi connectivity index (χ1v) is 5.53. The molecule has 2 nitrogen and oxygen atoms in total. The number of carbonyl (C=O) groups excluding carboxylic acids is 1. The standard InChI is InChI=1S/C11H19NO/c1-9(13)12-7-6-10-4-2-3-5-11(10)8-12/h10-11H,2-8H2,1H3/t10-,11-/m1/s1. The monoisotopic (exact) mass is 181 g/mol. The third-order valence-electron chi connectivity index (χ3n) is 3.74. The second kappa shape index (κ2) is 3.69. The summed E-state index contributed by atoms with van der Waals surface area (Å²) in [6, 6.07) is 0. The lowest BCUT2D eigenvalue weighted by atomic mass is 9.75. The third kappa shape index (κ3) is 1.87. The molecule has 0 aromatic rings. The number of amides is 1. The average molecular weight is 181 g/mol. The van der Waals surface area contributed by atoms with Crippen LogP contribution in [0.15, 0.2) is 0 Å². The summed E-state index contributed by atoms with van der Waals surface area (Å²) in [7, 11) is 0. The molecule has 2 fully saturated rings. The van der Waals surface area contributed by atoms with Gasteiger partial charge in [-0.1, -0.05) is 19.3 Å². The van der Waals surface area contributed by atoms with Gasteiger partial charge in [-0.05, 0) is 24.7 Å². The molecule has 0 bridgehead atoms. The topological polar surface area (TPSA) is 20.3 Å². The van der Waals surface area contributed by atoms with E-state index in [9.17, 15) is 4.79 Å². The first-order valence-electron chi connectivity index (χ1n) is 5.53. The van der Waals surface area contributed by atoms with E-state index in [2.05, 4.69) is 0 Å². The van der Waals surface area contributed by atoms with Gasteiger partial charge in [0, 0.05) is 20.0 Å². The number of hydrogen-bond donors (Lipinski definition) is 0. The predicted octanol–water partition coefficient (Wildman–Crippen LogP) is 2.04. The molecule has 2 atom stereocenters. The quantitative estimate of drug-likeness (QED) is 0.560. The molecule has 74 valence electrons. The van der Waals surface area contributed by atoms with Crippen LogP contribution in [0.2, 0.25) is 0 Å². The van der Waals surface area contributed by atoms with E-state index in [4.69, 9.17) is 0 Å². The van der Waals surface area contributed by atoms with Gasteiger partial charge in [0.25, 0.3) is 0 Å². The van der Waals surface area contributed by atoms with Crippen LogP contribution < -0.4 is 0 Å². The summed E-state index contributed by atoms with van der Waals surface area (Å²) >= 11 is 0. The molecule has 2 rings (SSSR count). The lowest BCUT2D eigenvalue weighted by Gasteiger charge is -2.40. The van der Waals surface area contributed by atoms with Gasteiger partial charge in [-0.25, -0.2) is 0 Å². The second-order valence-corrected chi connectivity index (χ2v) is 4.56. The fourth-order valence-corrected chi connectivity index (χ4v) is 2.89. The summed E-state index contributed by atoms with van der Waals surface area (Å²) in [6.07, 6.45) is 6.82. The molecule has 1 heterocycles. The summed E-state index contributed by atoms with van der Waals surface area (Å²) in [5.41, 5.74) is 0. The van der Waals surface area contributed by atoms with Crippen LogP contribution in [-0.4, -0.2) is 23.9 Å². The third-order valence-corrected chi connectivity index (χ3v) is 3.74. The largest absolute Gasteiger partial charge is 0.343 e. The molecule has 2 heteroatoms. The number of piperidine rings is 1. The highest BCUT2D eigenvalue weighted by molar-refractivity contribution is 5.73. The number of likely N-dealkylation sites (tertiary alicyclic amines) is 1. The predicted molar refractivity (Wildman–Crippen MR) is 52.3 cm³/mol. The van der Waals surface area contributed by atoms with Crippen molar-refractivity contribution < 1.29 is 4.79 Å². The summed E-state index contributed by atoms with van der Waals surface area (Å²) in [5, 5.41) is 0. The Kier molecular flexibility index (Phi) is 2.56. The molecule has 1 aliphatic heterocycles. The van der Waals surface area contributed by atoms with Crippen molar-refractivity contribution in [2.45, 2.75) is 39.0 Å². The fourth-order valence-electron chi connectivity index (χ4n) is 2.89. The van der Waals surface area contributed by atoms with Crippen LogP contribution in [0.25, 0.3) is 0 Å². The molecule has 0 N–H and O–H groups in total. The summed E-state index contributed by atoms with van der Waals surface area (Å²) < 4.78 is 0. The van der Waals surface area contributed by atoms with Gasteiger partial charge in [-0.2, -0.15) is 0 Å². The van der Waals surface area contributed by atoms with Gasteiger partial charge in [0.05, 0.1) is 0 Å². The average Bonchev–Trinajstić information content (AvgIpc) is 2.17. The van der Waals surface area contributed by atoms with Gasteiger partial charge in [-0.15, -0.1) is 0 Å². The van der Waals surface area contributed by atoms with Crippen molar-refractivity contribution >= 4 is 5.91 Å². The zero-order valence-electron chi connectivity index (χ0n) is 8.46. The van der Waals surface area contributed by atoms with Crippen molar-refractivity contribution in [3.63, 3.8) is 0 Å². The van der Waals surface area contributed by atoms with Crippen molar-refractivity contribution in [1.82, 2.24) is 4.90 Å². The molecule has 0 aromatic carbocycles. The first-order chi connectivity index (χ1) is 6.27. The normalized spacial score (nSPS) is 34.1. The molecule has 1 saturated heterocycles. The Hall–Kier alpha value is -0.530. The van der Waals surface area contributed by atoms with Crippen LogP contribution in [0.1, 0.15) is 39.0 Å². The van der Waals surface area contributed by atoms with Crippen molar-refractivity contribution in [2.24, 2.45) is 11.8 Å². The van der Waals surface area contributed by atoms with E-state index in [1.807, 2.05) is 4.90 Å². The highest BCUT2D eigenvalue weighted by atomic mass is 16.2. The number of fused-ring (bicyclic) bond motifs is 1. The van der Waals surface area contributed by atoms with E-state index in [0.717, 1.165) is 24.9 Å². The zero-order valence-corrected chi connectivity index (χ0v) is 8.46. The van der Waals surface area contributed by atoms with Crippen molar-refractivity contribution in [1.29, 1.82) is 0 Å². The number of carbonyl (C=O) groups is 1. The van der Waals surface area contributed by atoms with Crippen LogP contribution in [-0.2, 0) is 4.79 Å². The second-order valence-electron chi connectivity index (χ2n) is 4.56. The molecule has 1 aliphatic carbocycles. The summed E-state index contributed by atoms with van der Waals surface area (Å²) in [5.74, 6) is 2.03. The van der Waals surface area contributed by atoms with Crippen LogP contribution in [0.4, 0.5) is 0 Å².